The van der Waals surface area contributed by atoms with Crippen molar-refractivity contribution in [3.63, 3.8) is 0 Å². The Morgan fingerprint density at radius 2 is 1.83 bits per heavy atom. The number of esters is 1. The highest BCUT2D eigenvalue weighted by Crippen LogP contribution is 2.23. The van der Waals surface area contributed by atoms with Crippen molar-refractivity contribution in [2.75, 3.05) is 13.7 Å². The first-order chi connectivity index (χ1) is 17.3. The number of rotatable bonds is 10. The van der Waals surface area contributed by atoms with Crippen LogP contribution in [-0.4, -0.2) is 36.9 Å². The fourth-order valence-electron chi connectivity index (χ4n) is 3.08. The molecule has 0 unspecified atom stereocenters. The lowest BCUT2D eigenvalue weighted by molar-refractivity contribution is 0.0458. The van der Waals surface area contributed by atoms with Gasteiger partial charge in [-0.1, -0.05) is 29.8 Å². The predicted octanol–water partition coefficient (Wildman–Crippen LogP) is 5.32. The molecule has 0 aliphatic rings. The smallest absolute Gasteiger partial charge is 0.338 e. The Hall–Kier alpha value is -3.85. The van der Waals surface area contributed by atoms with Gasteiger partial charge in [-0.2, -0.15) is 5.10 Å². The van der Waals surface area contributed by atoms with Crippen molar-refractivity contribution in [3.05, 3.63) is 87.4 Å². The summed E-state index contributed by atoms with van der Waals surface area (Å²) in [6, 6.07) is 16.7. The number of ether oxygens (including phenoxy) is 3. The normalized spacial score (nSPS) is 10.9. The number of nitrogens with zero attached hydrogens (tertiary/aromatic N) is 1. The lowest BCUT2D eigenvalue weighted by atomic mass is 10.1. The van der Waals surface area contributed by atoms with E-state index in [0.717, 1.165) is 5.56 Å². The fourth-order valence-corrected chi connectivity index (χ4v) is 3.44. The van der Waals surface area contributed by atoms with Crippen molar-refractivity contribution in [1.82, 2.24) is 5.43 Å². The van der Waals surface area contributed by atoms with Crippen LogP contribution in [-0.2, 0) is 11.3 Å². The lowest BCUT2D eigenvalue weighted by Gasteiger charge is -2.12. The van der Waals surface area contributed by atoms with Crippen molar-refractivity contribution in [2.45, 2.75) is 20.5 Å². The third kappa shape index (κ3) is 7.58. The van der Waals surface area contributed by atoms with Gasteiger partial charge in [0, 0.05) is 10.0 Å². The first-order valence-electron chi connectivity index (χ1n) is 11.2. The van der Waals surface area contributed by atoms with E-state index < -0.39 is 5.91 Å². The molecule has 0 heterocycles. The van der Waals surface area contributed by atoms with Crippen LogP contribution in [0.25, 0.3) is 0 Å². The Labute approximate surface area is 218 Å². The number of hydrogen-bond donors (Lipinski definition) is 2. The first-order valence-corrected chi connectivity index (χ1v) is 11.9. The number of amides is 1. The Morgan fingerprint density at radius 3 is 2.53 bits per heavy atom. The molecule has 9 heteroatoms. The second-order valence-electron chi connectivity index (χ2n) is 8.24. The number of carbonyl (C=O) groups excluding carboxylic acids is 2. The molecule has 3 aromatic carbocycles. The summed E-state index contributed by atoms with van der Waals surface area (Å²) in [5, 5.41) is 13.8. The molecule has 0 spiro atoms. The molecule has 0 aliphatic carbocycles. The van der Waals surface area contributed by atoms with Crippen molar-refractivity contribution < 1.29 is 28.9 Å². The number of carbonyl (C=O) groups is 2. The van der Waals surface area contributed by atoms with E-state index >= 15 is 0 Å². The molecule has 2 N–H and O–H groups in total. The van der Waals surface area contributed by atoms with E-state index in [1.54, 1.807) is 49.6 Å². The average Bonchev–Trinajstić information content (AvgIpc) is 2.87. The number of hydrogen-bond acceptors (Lipinski definition) is 7. The lowest BCUT2D eigenvalue weighted by Crippen LogP contribution is -2.17. The maximum absolute atomic E-state index is 12.3. The molecule has 0 saturated carbocycles. The van der Waals surface area contributed by atoms with Gasteiger partial charge >= 0.3 is 5.97 Å². The Kier molecular flexibility index (Phi) is 9.46. The molecule has 8 nitrogen and oxygen atoms in total. The van der Waals surface area contributed by atoms with Crippen LogP contribution in [0.15, 0.2) is 70.2 Å². The third-order valence-electron chi connectivity index (χ3n) is 4.92. The predicted molar refractivity (Wildman–Crippen MR) is 140 cm³/mol. The van der Waals surface area contributed by atoms with Crippen LogP contribution >= 0.6 is 15.9 Å². The molecule has 0 atom stereocenters. The molecule has 0 aromatic heterocycles. The molecule has 36 heavy (non-hydrogen) atoms. The number of halogens is 1. The summed E-state index contributed by atoms with van der Waals surface area (Å²) < 4.78 is 17.2. The van der Waals surface area contributed by atoms with E-state index in [1.165, 1.54) is 18.3 Å². The van der Waals surface area contributed by atoms with Crippen molar-refractivity contribution >= 4 is 34.0 Å². The molecular weight excluding hydrogens is 528 g/mol. The van der Waals surface area contributed by atoms with Gasteiger partial charge in [-0.15, -0.1) is 0 Å². The van der Waals surface area contributed by atoms with Gasteiger partial charge in [0.1, 0.15) is 23.9 Å². The van der Waals surface area contributed by atoms with Gasteiger partial charge in [0.25, 0.3) is 5.91 Å². The van der Waals surface area contributed by atoms with Gasteiger partial charge < -0.3 is 19.3 Å². The Bertz CT molecular complexity index is 1240. The zero-order chi connectivity index (χ0) is 26.1. The maximum atomic E-state index is 12.3. The van der Waals surface area contributed by atoms with Crippen LogP contribution in [0.3, 0.4) is 0 Å². The zero-order valence-electron chi connectivity index (χ0n) is 20.2. The summed E-state index contributed by atoms with van der Waals surface area (Å²) in [5.41, 5.74) is 4.42. The van der Waals surface area contributed by atoms with Gasteiger partial charge in [0.15, 0.2) is 0 Å². The van der Waals surface area contributed by atoms with Crippen LogP contribution < -0.4 is 14.9 Å². The van der Waals surface area contributed by atoms with Crippen LogP contribution in [0.5, 0.6) is 17.2 Å². The van der Waals surface area contributed by atoms with E-state index in [4.69, 9.17) is 14.2 Å². The highest BCUT2D eigenvalue weighted by Gasteiger charge is 2.12. The van der Waals surface area contributed by atoms with Gasteiger partial charge in [-0.05, 0) is 72.1 Å². The van der Waals surface area contributed by atoms with Gasteiger partial charge in [-0.3, -0.25) is 4.79 Å². The molecule has 3 rings (SSSR count). The van der Waals surface area contributed by atoms with Crippen molar-refractivity contribution in [1.29, 1.82) is 0 Å². The standard InChI is InChI=1S/C27H27BrN2O6/c1-17(2)15-36-27(33)19-5-8-22(9-6-19)35-16-20-12-18(4-11-25(20)34-3)14-29-30-26(32)23-13-21(28)7-10-24(23)31/h4-14,17,31H,15-16H2,1-3H3,(H,30,32). The molecule has 0 fully saturated rings. The topological polar surface area (TPSA) is 106 Å². The Morgan fingerprint density at radius 1 is 1.08 bits per heavy atom. The molecule has 3 aromatic rings. The quantitative estimate of drug-likeness (QED) is 0.199. The molecule has 0 saturated heterocycles. The number of phenolic OH excluding ortho intramolecular Hbond substituents is 1. The summed E-state index contributed by atoms with van der Waals surface area (Å²) in [7, 11) is 1.56. The summed E-state index contributed by atoms with van der Waals surface area (Å²) in [6.45, 7) is 4.53. The van der Waals surface area contributed by atoms with Gasteiger partial charge in [0.05, 0.1) is 31.1 Å². The number of nitrogens with one attached hydrogen (secondary N) is 1. The van der Waals surface area contributed by atoms with Crippen molar-refractivity contribution in [2.24, 2.45) is 11.0 Å². The summed E-state index contributed by atoms with van der Waals surface area (Å²) in [5.74, 6) is 0.421. The number of hydrazone groups is 1. The van der Waals surface area contributed by atoms with E-state index in [1.807, 2.05) is 19.9 Å². The Balaban J connectivity index is 1.62. The third-order valence-corrected chi connectivity index (χ3v) is 5.41. The second kappa shape index (κ2) is 12.7. The zero-order valence-corrected chi connectivity index (χ0v) is 21.7. The molecule has 0 radical (unpaired) electrons. The summed E-state index contributed by atoms with van der Waals surface area (Å²) in [4.78, 5) is 24.4. The minimum absolute atomic E-state index is 0.101. The maximum Gasteiger partial charge on any atom is 0.338 e. The summed E-state index contributed by atoms with van der Waals surface area (Å²) in [6.07, 6.45) is 1.48. The SMILES string of the molecule is COc1ccc(C=NNC(=O)c2cc(Br)ccc2O)cc1COc1ccc(C(=O)OCC(C)C)cc1. The van der Waals surface area contributed by atoms with E-state index in [9.17, 15) is 14.7 Å². The van der Waals surface area contributed by atoms with Crippen LogP contribution in [0.1, 0.15) is 45.7 Å². The largest absolute Gasteiger partial charge is 0.507 e. The summed E-state index contributed by atoms with van der Waals surface area (Å²) >= 11 is 3.27. The van der Waals surface area contributed by atoms with Crippen molar-refractivity contribution in [3.8, 4) is 17.2 Å². The number of methoxy groups -OCH3 is 1. The number of phenols is 1. The number of aromatic hydroxyl groups is 1. The second-order valence-corrected chi connectivity index (χ2v) is 9.15. The monoisotopic (exact) mass is 554 g/mol. The molecular formula is C27H27BrN2O6. The molecule has 1 amide bonds. The van der Waals surface area contributed by atoms with Gasteiger partial charge in [0.2, 0.25) is 0 Å². The molecule has 0 aliphatic heterocycles. The molecule has 188 valence electrons. The van der Waals surface area contributed by atoms with E-state index in [-0.39, 0.29) is 29.8 Å². The first kappa shape index (κ1) is 26.7. The van der Waals surface area contributed by atoms with Crippen LogP contribution in [0.4, 0.5) is 0 Å². The fraction of sp³-hybridized carbons (Fsp3) is 0.222. The van der Waals surface area contributed by atoms with E-state index in [2.05, 4.69) is 26.5 Å². The minimum atomic E-state index is -0.543. The van der Waals surface area contributed by atoms with Crippen LogP contribution in [0.2, 0.25) is 0 Å². The van der Waals surface area contributed by atoms with E-state index in [0.29, 0.717) is 33.7 Å². The minimum Gasteiger partial charge on any atom is -0.507 e. The number of benzene rings is 3. The van der Waals surface area contributed by atoms with Gasteiger partial charge in [-0.25, -0.2) is 10.2 Å². The van der Waals surface area contributed by atoms with Crippen LogP contribution in [0, 0.1) is 5.92 Å². The molecule has 0 bridgehead atoms. The highest BCUT2D eigenvalue weighted by molar-refractivity contribution is 9.10. The average molecular weight is 555 g/mol. The highest BCUT2D eigenvalue weighted by atomic mass is 79.9.